The first-order valence-electron chi connectivity index (χ1n) is 27.7. The van der Waals surface area contributed by atoms with Gasteiger partial charge in [0.05, 0.1) is 11.0 Å². The van der Waals surface area contributed by atoms with Gasteiger partial charge >= 0.3 is 0 Å². The second-order valence-corrected chi connectivity index (χ2v) is 21.3. The summed E-state index contributed by atoms with van der Waals surface area (Å²) in [5.74, 6) is -0.162. The van der Waals surface area contributed by atoms with Gasteiger partial charge in [0.15, 0.2) is 0 Å². The smallest absolute Gasteiger partial charge is 0.127 e. The van der Waals surface area contributed by atoms with E-state index in [0.717, 1.165) is 22.3 Å². The molecule has 2 heteroatoms. The molecule has 0 spiro atoms. The summed E-state index contributed by atoms with van der Waals surface area (Å²) in [5.41, 5.74) is 22.1. The van der Waals surface area contributed by atoms with Crippen LogP contribution in [0.5, 0.6) is 0 Å². The predicted octanol–water partition coefficient (Wildman–Crippen LogP) is 21.7. The highest BCUT2D eigenvalue weighted by molar-refractivity contribution is 6.09. The van der Waals surface area contributed by atoms with Crippen LogP contribution in [0.4, 0.5) is 4.39 Å². The van der Waals surface area contributed by atoms with Crippen LogP contribution in [0.25, 0.3) is 82.8 Å². The summed E-state index contributed by atoms with van der Waals surface area (Å²) in [6, 6.07) is 98.7. The Morgan fingerprint density at radius 1 is 0.312 bits per heavy atom. The van der Waals surface area contributed by atoms with Crippen molar-refractivity contribution in [2.45, 2.75) is 53.9 Å². The van der Waals surface area contributed by atoms with Crippen molar-refractivity contribution in [3.63, 3.8) is 0 Å². The van der Waals surface area contributed by atoms with E-state index in [0.29, 0.717) is 5.56 Å². The molecule has 1 aliphatic rings. The van der Waals surface area contributed by atoms with Crippen LogP contribution in [0, 0.1) is 40.4 Å². The Morgan fingerprint density at radius 3 is 1.50 bits per heavy atom. The molecule has 13 aromatic rings. The summed E-state index contributed by atoms with van der Waals surface area (Å²) in [7, 11) is 0. The van der Waals surface area contributed by atoms with Crippen LogP contribution >= 0.6 is 0 Å². The van der Waals surface area contributed by atoms with E-state index in [1.165, 1.54) is 93.9 Å². The van der Waals surface area contributed by atoms with Gasteiger partial charge in [-0.25, -0.2) is 4.39 Å². The maximum absolute atomic E-state index is 14.2. The van der Waals surface area contributed by atoms with Crippen LogP contribution in [0.3, 0.4) is 0 Å². The summed E-state index contributed by atoms with van der Waals surface area (Å²) in [4.78, 5) is 0. The Kier molecular flexibility index (Phi) is 16.6. The SMILES string of the molecule is Cc1c(F)cc(-c2ccccc2)cc1-c1ccccc1.Cc1ccc2c(c1)C(C)(C)c1ccccc1-2.Cc1ccc2c(c1)c1ccccc1n2-c1ccccc1.Cc1cccc(-c2ccccc2)c1.Cc1cccc2ccccc12. The van der Waals surface area contributed by atoms with Gasteiger partial charge in [0.25, 0.3) is 0 Å². The second kappa shape index (κ2) is 24.5. The average Bonchev–Trinajstić information content (AvgIpc) is 4.04. The molecule has 0 amide bonds. The minimum Gasteiger partial charge on any atom is -0.309 e. The molecule has 1 aromatic heterocycles. The fourth-order valence-electron chi connectivity index (χ4n) is 11.0. The summed E-state index contributed by atoms with van der Waals surface area (Å²) < 4.78 is 16.5. The van der Waals surface area contributed by atoms with Crippen LogP contribution in [-0.2, 0) is 5.41 Å². The zero-order valence-electron chi connectivity index (χ0n) is 47.0. The third-order valence-electron chi connectivity index (χ3n) is 15.3. The number of rotatable bonds is 4. The summed E-state index contributed by atoms with van der Waals surface area (Å²) in [6.07, 6.45) is 0. The highest BCUT2D eigenvalue weighted by Crippen LogP contribution is 2.48. The van der Waals surface area contributed by atoms with Gasteiger partial charge in [-0.05, 0) is 155 Å². The monoisotopic (exact) mass is 1040 g/mol. The lowest BCUT2D eigenvalue weighted by atomic mass is 9.82. The molecule has 0 fully saturated rings. The fraction of sp³-hybridized carbons (Fsp3) is 0.103. The molecule has 1 nitrogen and oxygen atoms in total. The molecule has 0 saturated carbocycles. The Balaban J connectivity index is 0.000000114. The van der Waals surface area contributed by atoms with Crippen molar-refractivity contribution >= 4 is 32.6 Å². The van der Waals surface area contributed by atoms with Crippen LogP contribution in [-0.4, -0.2) is 4.57 Å². The molecule has 80 heavy (non-hydrogen) atoms. The van der Waals surface area contributed by atoms with Gasteiger partial charge in [0, 0.05) is 21.9 Å². The average molecular weight is 1040 g/mol. The van der Waals surface area contributed by atoms with Gasteiger partial charge in [0.2, 0.25) is 0 Å². The highest BCUT2D eigenvalue weighted by Gasteiger charge is 2.34. The summed E-state index contributed by atoms with van der Waals surface area (Å²) >= 11 is 0. The molecule has 0 saturated heterocycles. The molecule has 12 aromatic carbocycles. The molecule has 0 bridgehead atoms. The molecular weight excluding hydrogens is 970 g/mol. The van der Waals surface area contributed by atoms with Gasteiger partial charge < -0.3 is 4.57 Å². The fourth-order valence-corrected chi connectivity index (χ4v) is 11.0. The number of fused-ring (bicyclic) bond motifs is 7. The van der Waals surface area contributed by atoms with Gasteiger partial charge in [-0.2, -0.15) is 0 Å². The molecule has 0 aliphatic heterocycles. The van der Waals surface area contributed by atoms with E-state index >= 15 is 0 Å². The van der Waals surface area contributed by atoms with Crippen molar-refractivity contribution in [3.8, 4) is 50.2 Å². The molecular formula is C78H68FN. The maximum atomic E-state index is 14.2. The van der Waals surface area contributed by atoms with Crippen molar-refractivity contribution in [2.75, 3.05) is 0 Å². The van der Waals surface area contributed by atoms with Gasteiger partial charge in [-0.3, -0.25) is 0 Å². The number of hydrogen-bond donors (Lipinski definition) is 0. The number of nitrogens with zero attached hydrogens (tertiary/aromatic N) is 1. The van der Waals surface area contributed by atoms with E-state index in [-0.39, 0.29) is 11.2 Å². The maximum Gasteiger partial charge on any atom is 0.127 e. The van der Waals surface area contributed by atoms with E-state index in [4.69, 9.17) is 0 Å². The number of aryl methyl sites for hydroxylation is 4. The van der Waals surface area contributed by atoms with Gasteiger partial charge in [-0.15, -0.1) is 0 Å². The van der Waals surface area contributed by atoms with Crippen LogP contribution in [0.2, 0.25) is 0 Å². The lowest BCUT2D eigenvalue weighted by molar-refractivity contribution is 0.619. The molecule has 392 valence electrons. The van der Waals surface area contributed by atoms with Gasteiger partial charge in [0.1, 0.15) is 5.82 Å². The van der Waals surface area contributed by atoms with Crippen molar-refractivity contribution < 1.29 is 4.39 Å². The number of para-hydroxylation sites is 2. The van der Waals surface area contributed by atoms with Crippen molar-refractivity contribution in [1.82, 2.24) is 4.57 Å². The Labute approximate surface area is 473 Å². The second-order valence-electron chi connectivity index (χ2n) is 21.3. The standard InChI is InChI=1S/C19H15F.C19H15N.C16H16.C13H12.C11H10/c1-14-18(16-10-6-3-7-11-16)12-17(13-19(14)20)15-8-4-2-5-9-15;1-14-11-12-19-17(13-14)16-9-5-6-10-18(16)20(19)15-7-3-2-4-8-15;1-11-8-9-13-12-6-4-5-7-14(12)16(2,3)15(13)10-11;1-11-6-5-9-13(10-11)12-7-3-2-4-8-12;1-9-5-4-7-10-6-2-3-8-11(9)10/h2*2-13H,1H3;4-10H,1-3H3;2-10H,1H3;2-8H,1H3. The lowest BCUT2D eigenvalue weighted by Crippen LogP contribution is -2.14. The van der Waals surface area contributed by atoms with E-state index in [2.05, 4.69) is 258 Å². The van der Waals surface area contributed by atoms with E-state index < -0.39 is 0 Å². The number of benzene rings is 12. The Morgan fingerprint density at radius 2 is 0.812 bits per heavy atom. The normalized spacial score (nSPS) is 11.6. The molecule has 0 unspecified atom stereocenters. The third kappa shape index (κ3) is 12.0. The summed E-state index contributed by atoms with van der Waals surface area (Å²) in [5, 5.41) is 5.32. The minimum absolute atomic E-state index is 0.151. The van der Waals surface area contributed by atoms with Crippen LogP contribution in [0.15, 0.2) is 285 Å². The number of hydrogen-bond acceptors (Lipinski definition) is 0. The van der Waals surface area contributed by atoms with Gasteiger partial charge in [-0.1, -0.05) is 273 Å². The highest BCUT2D eigenvalue weighted by atomic mass is 19.1. The lowest BCUT2D eigenvalue weighted by Gasteiger charge is -2.21. The quantitative estimate of drug-likeness (QED) is 0.166. The number of halogens is 1. The Hall–Kier alpha value is -9.37. The van der Waals surface area contributed by atoms with Crippen molar-refractivity contribution in [3.05, 3.63) is 330 Å². The minimum atomic E-state index is -0.162. The first-order valence-corrected chi connectivity index (χ1v) is 27.7. The molecule has 14 rings (SSSR count). The molecule has 1 aliphatic carbocycles. The molecule has 1 heterocycles. The summed E-state index contributed by atoms with van der Waals surface area (Å²) in [6.45, 7) is 15.0. The first kappa shape index (κ1) is 54.0. The van der Waals surface area contributed by atoms with Crippen molar-refractivity contribution in [2.24, 2.45) is 0 Å². The zero-order chi connectivity index (χ0) is 55.6. The Bertz CT molecular complexity index is 4190. The largest absolute Gasteiger partial charge is 0.309 e. The number of aromatic nitrogens is 1. The zero-order valence-corrected chi connectivity index (χ0v) is 47.0. The predicted molar refractivity (Wildman–Crippen MR) is 342 cm³/mol. The van der Waals surface area contributed by atoms with E-state index in [1.807, 2.05) is 73.7 Å². The van der Waals surface area contributed by atoms with Crippen molar-refractivity contribution in [1.29, 1.82) is 0 Å². The van der Waals surface area contributed by atoms with E-state index in [9.17, 15) is 4.39 Å². The van der Waals surface area contributed by atoms with Crippen LogP contribution < -0.4 is 0 Å². The molecule has 0 N–H and O–H groups in total. The van der Waals surface area contributed by atoms with E-state index in [1.54, 1.807) is 6.07 Å². The molecule has 0 atom stereocenters. The third-order valence-corrected chi connectivity index (χ3v) is 15.3. The van der Waals surface area contributed by atoms with Crippen LogP contribution in [0.1, 0.15) is 52.8 Å². The topological polar surface area (TPSA) is 4.93 Å². The first-order chi connectivity index (χ1) is 38.9. The molecule has 0 radical (unpaired) electrons.